The van der Waals surface area contributed by atoms with Gasteiger partial charge in [0.25, 0.3) is 5.91 Å². The first-order valence-electron chi connectivity index (χ1n) is 7.78. The molecule has 1 aliphatic rings. The number of carbonyl (C=O) groups excluding carboxylic acids is 1. The van der Waals surface area contributed by atoms with Gasteiger partial charge in [-0.25, -0.2) is 0 Å². The van der Waals surface area contributed by atoms with Gasteiger partial charge in [0.15, 0.2) is 0 Å². The zero-order chi connectivity index (χ0) is 18.9. The Morgan fingerprint density at radius 2 is 1.69 bits per heavy atom. The number of anilines is 1. The number of fused-ring (bicyclic) bond motifs is 1. The molecule has 8 heteroatoms. The summed E-state index contributed by atoms with van der Waals surface area (Å²) in [7, 11) is 2.89. The van der Waals surface area contributed by atoms with E-state index in [2.05, 4.69) is 5.32 Å². The summed E-state index contributed by atoms with van der Waals surface area (Å²) in [5, 5.41) is 3.01. The fraction of sp³-hybridized carbons (Fsp3) is 0.278. The minimum Gasteiger partial charge on any atom is -0.497 e. The molecule has 0 radical (unpaired) electrons. The molecule has 1 heterocycles. The van der Waals surface area contributed by atoms with Crippen molar-refractivity contribution < 1.29 is 27.4 Å². The van der Waals surface area contributed by atoms with Crippen LogP contribution in [0.15, 0.2) is 42.5 Å². The van der Waals surface area contributed by atoms with Crippen LogP contribution in [-0.2, 0) is 0 Å². The van der Waals surface area contributed by atoms with Crippen molar-refractivity contribution >= 4 is 11.6 Å². The van der Waals surface area contributed by atoms with E-state index in [9.17, 15) is 18.0 Å². The van der Waals surface area contributed by atoms with E-state index < -0.39 is 24.8 Å². The van der Waals surface area contributed by atoms with E-state index in [1.165, 1.54) is 20.3 Å². The molecule has 0 saturated heterocycles. The first-order chi connectivity index (χ1) is 12.3. The highest BCUT2D eigenvalue weighted by Gasteiger charge is 2.40. The molecule has 0 saturated carbocycles. The van der Waals surface area contributed by atoms with Crippen molar-refractivity contribution in [2.24, 2.45) is 0 Å². The fourth-order valence-corrected chi connectivity index (χ4v) is 2.90. The molecule has 0 aliphatic carbocycles. The molecular formula is C18H17F3N2O3. The van der Waals surface area contributed by atoms with Crippen LogP contribution in [0, 0.1) is 0 Å². The minimum absolute atomic E-state index is 0.197. The van der Waals surface area contributed by atoms with Gasteiger partial charge in [-0.3, -0.25) is 4.79 Å². The molecule has 0 aromatic heterocycles. The molecule has 0 spiro atoms. The van der Waals surface area contributed by atoms with Crippen LogP contribution in [0.3, 0.4) is 0 Å². The van der Waals surface area contributed by atoms with Crippen LogP contribution in [-0.4, -0.2) is 37.7 Å². The van der Waals surface area contributed by atoms with Gasteiger partial charge >= 0.3 is 6.18 Å². The molecule has 2 aromatic carbocycles. The molecule has 0 bridgehead atoms. The lowest BCUT2D eigenvalue weighted by molar-refractivity contribution is -0.144. The largest absolute Gasteiger partial charge is 0.497 e. The summed E-state index contributed by atoms with van der Waals surface area (Å²) in [6, 6.07) is 11.2. The van der Waals surface area contributed by atoms with E-state index in [1.807, 2.05) is 0 Å². The van der Waals surface area contributed by atoms with Crippen molar-refractivity contribution in [3.8, 4) is 11.5 Å². The molecule has 138 valence electrons. The number of para-hydroxylation sites is 1. The monoisotopic (exact) mass is 366 g/mol. The molecule has 1 N–H and O–H groups in total. The summed E-state index contributed by atoms with van der Waals surface area (Å²) in [6.07, 6.45) is -5.55. The third-order valence-electron chi connectivity index (χ3n) is 4.06. The number of ether oxygens (including phenoxy) is 2. The number of nitrogens with zero attached hydrogens (tertiary/aromatic N) is 1. The fourth-order valence-electron chi connectivity index (χ4n) is 2.90. The number of amides is 1. The van der Waals surface area contributed by atoms with Crippen LogP contribution in [0.5, 0.6) is 11.5 Å². The van der Waals surface area contributed by atoms with E-state index >= 15 is 0 Å². The second kappa shape index (κ2) is 6.78. The Balaban J connectivity index is 2.09. The van der Waals surface area contributed by atoms with Crippen molar-refractivity contribution in [1.29, 1.82) is 0 Å². The topological polar surface area (TPSA) is 50.8 Å². The Morgan fingerprint density at radius 3 is 2.27 bits per heavy atom. The normalized spacial score (nSPS) is 16.7. The quantitative estimate of drug-likeness (QED) is 0.894. The lowest BCUT2D eigenvalue weighted by Gasteiger charge is -2.38. The first kappa shape index (κ1) is 17.9. The van der Waals surface area contributed by atoms with Crippen molar-refractivity contribution in [2.45, 2.75) is 12.3 Å². The number of methoxy groups -OCH3 is 2. The highest BCUT2D eigenvalue weighted by atomic mass is 19.4. The molecule has 0 unspecified atom stereocenters. The van der Waals surface area contributed by atoms with Gasteiger partial charge in [-0.2, -0.15) is 13.2 Å². The summed E-state index contributed by atoms with van der Waals surface area (Å²) in [5.74, 6) is 0.141. The number of nitrogens with one attached hydrogen (secondary N) is 1. The Labute approximate surface area is 148 Å². The maximum absolute atomic E-state index is 13.1. The van der Waals surface area contributed by atoms with Crippen LogP contribution >= 0.6 is 0 Å². The number of carbonyl (C=O) groups is 1. The molecule has 0 fully saturated rings. The number of benzene rings is 2. The Bertz CT molecular complexity index is 801. The molecule has 5 nitrogen and oxygen atoms in total. The van der Waals surface area contributed by atoms with Crippen molar-refractivity contribution in [1.82, 2.24) is 4.90 Å². The predicted molar refractivity (Wildman–Crippen MR) is 89.4 cm³/mol. The van der Waals surface area contributed by atoms with Crippen LogP contribution in [0.2, 0.25) is 0 Å². The highest BCUT2D eigenvalue weighted by Crippen LogP contribution is 2.37. The third kappa shape index (κ3) is 3.54. The van der Waals surface area contributed by atoms with Gasteiger partial charge < -0.3 is 19.7 Å². The standard InChI is InChI=1S/C18H17F3N2O3/c1-25-12-7-11(8-13(9-12)26-2)16-22-15-6-4-3-5-14(15)17(24)23(16)10-18(19,20)21/h3-9,16,22H,10H2,1-2H3/t16-/m0/s1. The Kier molecular flexibility index (Phi) is 4.67. The SMILES string of the molecule is COc1cc(OC)cc([C@H]2Nc3ccccc3C(=O)N2CC(F)(F)F)c1. The molecule has 2 aromatic rings. The summed E-state index contributed by atoms with van der Waals surface area (Å²) in [6.45, 7) is -1.38. The van der Waals surface area contributed by atoms with E-state index in [0.29, 0.717) is 22.7 Å². The summed E-state index contributed by atoms with van der Waals surface area (Å²) >= 11 is 0. The first-order valence-corrected chi connectivity index (χ1v) is 7.78. The number of alkyl halides is 3. The van der Waals surface area contributed by atoms with E-state index in [4.69, 9.17) is 9.47 Å². The number of hydrogen-bond acceptors (Lipinski definition) is 4. The average Bonchev–Trinajstić information content (AvgIpc) is 2.62. The second-order valence-electron chi connectivity index (χ2n) is 5.79. The maximum Gasteiger partial charge on any atom is 0.406 e. The Morgan fingerprint density at radius 1 is 1.08 bits per heavy atom. The predicted octanol–water partition coefficient (Wildman–Crippen LogP) is 3.83. The van der Waals surface area contributed by atoms with Gasteiger partial charge in [-0.1, -0.05) is 12.1 Å². The summed E-state index contributed by atoms with van der Waals surface area (Å²) in [4.78, 5) is 13.5. The van der Waals surface area contributed by atoms with Gasteiger partial charge in [0.05, 0.1) is 19.8 Å². The van der Waals surface area contributed by atoms with Crippen molar-refractivity contribution in [3.05, 3.63) is 53.6 Å². The van der Waals surface area contributed by atoms with Gasteiger partial charge in [0, 0.05) is 17.3 Å². The average molecular weight is 366 g/mol. The molecule has 1 aliphatic heterocycles. The van der Waals surface area contributed by atoms with Gasteiger partial charge in [0.2, 0.25) is 0 Å². The lowest BCUT2D eigenvalue weighted by atomic mass is 10.0. The van der Waals surface area contributed by atoms with Crippen molar-refractivity contribution in [3.63, 3.8) is 0 Å². The van der Waals surface area contributed by atoms with E-state index in [1.54, 1.807) is 36.4 Å². The number of hydrogen-bond donors (Lipinski definition) is 1. The Hall–Kier alpha value is -2.90. The zero-order valence-corrected chi connectivity index (χ0v) is 14.1. The molecule has 3 rings (SSSR count). The summed E-state index contributed by atoms with van der Waals surface area (Å²) < 4.78 is 49.7. The van der Waals surface area contributed by atoms with Gasteiger partial charge in [-0.15, -0.1) is 0 Å². The molecule has 1 amide bonds. The lowest BCUT2D eigenvalue weighted by Crippen LogP contribution is -2.47. The second-order valence-corrected chi connectivity index (χ2v) is 5.79. The number of rotatable bonds is 4. The van der Waals surface area contributed by atoms with Crippen LogP contribution in [0.25, 0.3) is 0 Å². The molecular weight excluding hydrogens is 349 g/mol. The van der Waals surface area contributed by atoms with Gasteiger partial charge in [-0.05, 0) is 24.3 Å². The highest BCUT2D eigenvalue weighted by molar-refractivity contribution is 6.01. The van der Waals surface area contributed by atoms with Crippen LogP contribution < -0.4 is 14.8 Å². The van der Waals surface area contributed by atoms with E-state index in [-0.39, 0.29) is 5.56 Å². The summed E-state index contributed by atoms with van der Waals surface area (Å²) in [5.41, 5.74) is 1.10. The smallest absolute Gasteiger partial charge is 0.406 e. The van der Waals surface area contributed by atoms with E-state index in [0.717, 1.165) is 4.90 Å². The van der Waals surface area contributed by atoms with Crippen LogP contribution in [0.4, 0.5) is 18.9 Å². The van der Waals surface area contributed by atoms with Crippen LogP contribution in [0.1, 0.15) is 22.1 Å². The molecule has 1 atom stereocenters. The van der Waals surface area contributed by atoms with Crippen molar-refractivity contribution in [2.75, 3.05) is 26.1 Å². The zero-order valence-electron chi connectivity index (χ0n) is 14.1. The van der Waals surface area contributed by atoms with Gasteiger partial charge in [0.1, 0.15) is 24.2 Å². The third-order valence-corrected chi connectivity index (χ3v) is 4.06. The minimum atomic E-state index is -4.54. The maximum atomic E-state index is 13.1. The number of halogens is 3. The molecule has 26 heavy (non-hydrogen) atoms.